The van der Waals surface area contributed by atoms with E-state index in [1.54, 1.807) is 27.9 Å². The molecular weight excluding hydrogens is 228 g/mol. The third kappa shape index (κ3) is 2.06. The monoisotopic (exact) mass is 256 g/mol. The highest BCUT2D eigenvalue weighted by Gasteiger charge is 2.30. The van der Waals surface area contributed by atoms with Crippen LogP contribution in [0.4, 0.5) is 0 Å². The lowest BCUT2D eigenvalue weighted by atomic mass is 9.84. The van der Waals surface area contributed by atoms with Gasteiger partial charge in [0.25, 0.3) is 0 Å². The minimum Gasteiger partial charge on any atom is -0.0632 e. The van der Waals surface area contributed by atoms with Crippen molar-refractivity contribution in [1.29, 1.82) is 0 Å². The summed E-state index contributed by atoms with van der Waals surface area (Å²) in [5.74, 6) is 1.29. The molecule has 0 bridgehead atoms. The molecule has 0 spiro atoms. The van der Waals surface area contributed by atoms with Crippen LogP contribution in [-0.2, 0) is 0 Å². The molecule has 0 aliphatic heterocycles. The fraction of sp³-hybridized carbons (Fsp3) is 0.579. The Kier molecular flexibility index (Phi) is 3.64. The lowest BCUT2D eigenvalue weighted by Crippen LogP contribution is -2.07. The molecule has 19 heavy (non-hydrogen) atoms. The average Bonchev–Trinajstić information content (AvgIpc) is 2.68. The van der Waals surface area contributed by atoms with Crippen LogP contribution < -0.4 is 0 Å². The van der Waals surface area contributed by atoms with Gasteiger partial charge >= 0.3 is 0 Å². The van der Waals surface area contributed by atoms with Crippen molar-refractivity contribution >= 4 is 0 Å². The quantitative estimate of drug-likeness (QED) is 0.570. The van der Waals surface area contributed by atoms with Gasteiger partial charge in [0.15, 0.2) is 0 Å². The first-order chi connectivity index (χ1) is 8.77. The van der Waals surface area contributed by atoms with Gasteiger partial charge in [0.05, 0.1) is 0 Å². The van der Waals surface area contributed by atoms with Gasteiger partial charge in [0.2, 0.25) is 0 Å². The maximum atomic E-state index is 2.37. The summed E-state index contributed by atoms with van der Waals surface area (Å²) < 4.78 is 0. The molecule has 2 aliphatic rings. The van der Waals surface area contributed by atoms with Crippen LogP contribution in [0.1, 0.15) is 61.8 Å². The third-order valence-corrected chi connectivity index (χ3v) is 6.02. The van der Waals surface area contributed by atoms with Crippen LogP contribution in [0.15, 0.2) is 44.6 Å². The number of rotatable bonds is 2. The molecule has 0 aromatic heterocycles. The highest BCUT2D eigenvalue weighted by atomic mass is 14.3. The van der Waals surface area contributed by atoms with Crippen molar-refractivity contribution in [2.24, 2.45) is 11.8 Å². The van der Waals surface area contributed by atoms with E-state index < -0.39 is 0 Å². The second-order valence-corrected chi connectivity index (χ2v) is 6.55. The molecule has 0 aromatic carbocycles. The molecule has 0 heteroatoms. The SMILES string of the molecule is CC1=C(C)C(C)C(CC2C(C)=C(C)C(C)=C2C)=C1C. The van der Waals surface area contributed by atoms with Crippen molar-refractivity contribution in [2.75, 3.05) is 0 Å². The van der Waals surface area contributed by atoms with Crippen LogP contribution in [0.25, 0.3) is 0 Å². The van der Waals surface area contributed by atoms with Gasteiger partial charge in [-0.1, -0.05) is 29.2 Å². The van der Waals surface area contributed by atoms with Gasteiger partial charge in [-0.25, -0.2) is 0 Å². The van der Waals surface area contributed by atoms with Crippen LogP contribution in [0, 0.1) is 11.8 Å². The molecule has 0 saturated carbocycles. The lowest BCUT2D eigenvalue weighted by Gasteiger charge is -2.20. The van der Waals surface area contributed by atoms with Gasteiger partial charge in [0.1, 0.15) is 0 Å². The van der Waals surface area contributed by atoms with E-state index >= 15 is 0 Å². The summed E-state index contributed by atoms with van der Waals surface area (Å²) in [4.78, 5) is 0. The molecule has 104 valence electrons. The third-order valence-electron chi connectivity index (χ3n) is 6.02. The van der Waals surface area contributed by atoms with Crippen molar-refractivity contribution in [3.63, 3.8) is 0 Å². The summed E-state index contributed by atoms with van der Waals surface area (Å²) in [5, 5.41) is 0. The Morgan fingerprint density at radius 2 is 1.05 bits per heavy atom. The van der Waals surface area contributed by atoms with Crippen molar-refractivity contribution in [3.8, 4) is 0 Å². The predicted molar refractivity (Wildman–Crippen MR) is 85.1 cm³/mol. The molecule has 0 nitrogen and oxygen atoms in total. The van der Waals surface area contributed by atoms with E-state index in [1.807, 2.05) is 0 Å². The minimum atomic E-state index is 0.641. The Morgan fingerprint density at radius 3 is 1.42 bits per heavy atom. The first kappa shape index (κ1) is 14.4. The maximum Gasteiger partial charge on any atom is 0.00506 e. The molecule has 0 radical (unpaired) electrons. The molecule has 0 aromatic rings. The summed E-state index contributed by atoms with van der Waals surface area (Å²) in [6.07, 6.45) is 1.22. The molecule has 0 amide bonds. The topological polar surface area (TPSA) is 0 Å². The van der Waals surface area contributed by atoms with Gasteiger partial charge in [-0.05, 0) is 83.1 Å². The van der Waals surface area contributed by atoms with E-state index in [1.165, 1.54) is 23.1 Å². The Morgan fingerprint density at radius 1 is 0.632 bits per heavy atom. The molecule has 0 saturated heterocycles. The van der Waals surface area contributed by atoms with Crippen molar-refractivity contribution in [3.05, 3.63) is 44.6 Å². The van der Waals surface area contributed by atoms with Gasteiger partial charge in [-0.2, -0.15) is 0 Å². The molecule has 2 rings (SSSR count). The average molecular weight is 256 g/mol. The highest BCUT2D eigenvalue weighted by Crippen LogP contribution is 2.45. The Labute approximate surface area is 119 Å². The van der Waals surface area contributed by atoms with Crippen LogP contribution in [0.3, 0.4) is 0 Å². The van der Waals surface area contributed by atoms with E-state index in [0.717, 1.165) is 0 Å². The molecule has 1 unspecified atom stereocenters. The Balaban J connectivity index is 2.31. The van der Waals surface area contributed by atoms with Gasteiger partial charge < -0.3 is 0 Å². The van der Waals surface area contributed by atoms with Crippen LogP contribution in [0.2, 0.25) is 0 Å². The summed E-state index contributed by atoms with van der Waals surface area (Å²) in [7, 11) is 0. The molecular formula is C19H28. The highest BCUT2D eigenvalue weighted by molar-refractivity contribution is 5.51. The number of hydrogen-bond donors (Lipinski definition) is 0. The lowest BCUT2D eigenvalue weighted by molar-refractivity contribution is 0.648. The second-order valence-electron chi connectivity index (χ2n) is 6.55. The van der Waals surface area contributed by atoms with Crippen LogP contribution in [0.5, 0.6) is 0 Å². The van der Waals surface area contributed by atoms with Gasteiger partial charge in [-0.15, -0.1) is 0 Å². The summed E-state index contributed by atoms with van der Waals surface area (Å²) in [5.41, 5.74) is 12.5. The first-order valence-corrected chi connectivity index (χ1v) is 7.49. The van der Waals surface area contributed by atoms with Crippen molar-refractivity contribution in [2.45, 2.75) is 61.8 Å². The van der Waals surface area contributed by atoms with Crippen LogP contribution in [-0.4, -0.2) is 0 Å². The van der Waals surface area contributed by atoms with E-state index in [-0.39, 0.29) is 0 Å². The standard InChI is InChI=1S/C19H28/c1-10-11(2)15(6)18(14(10)5)9-19-16(7)12(3)13(4)17(19)8/h14,19H,9H2,1-8H3. The zero-order valence-electron chi connectivity index (χ0n) is 13.9. The van der Waals surface area contributed by atoms with E-state index in [9.17, 15) is 0 Å². The Hall–Kier alpha value is -1.04. The second kappa shape index (κ2) is 4.81. The Bertz CT molecular complexity index is 523. The van der Waals surface area contributed by atoms with E-state index in [0.29, 0.717) is 11.8 Å². The normalized spacial score (nSPS) is 25.6. The number of hydrogen-bond acceptors (Lipinski definition) is 0. The largest absolute Gasteiger partial charge is 0.0632 e. The first-order valence-electron chi connectivity index (χ1n) is 7.49. The van der Waals surface area contributed by atoms with Crippen LogP contribution >= 0.6 is 0 Å². The molecule has 2 aliphatic carbocycles. The predicted octanol–water partition coefficient (Wildman–Crippen LogP) is 5.98. The zero-order chi connectivity index (χ0) is 14.5. The van der Waals surface area contributed by atoms with Crippen molar-refractivity contribution < 1.29 is 0 Å². The van der Waals surface area contributed by atoms with E-state index in [4.69, 9.17) is 0 Å². The fourth-order valence-electron chi connectivity index (χ4n) is 3.74. The molecule has 0 heterocycles. The summed E-state index contributed by atoms with van der Waals surface area (Å²) >= 11 is 0. The summed E-state index contributed by atoms with van der Waals surface area (Å²) in [6, 6.07) is 0. The summed E-state index contributed by atoms with van der Waals surface area (Å²) in [6.45, 7) is 18.5. The van der Waals surface area contributed by atoms with E-state index in [2.05, 4.69) is 55.4 Å². The molecule has 1 atom stereocenters. The molecule has 0 fully saturated rings. The van der Waals surface area contributed by atoms with Gasteiger partial charge in [0, 0.05) is 5.92 Å². The maximum absolute atomic E-state index is 2.37. The fourth-order valence-corrected chi connectivity index (χ4v) is 3.74. The molecule has 0 N–H and O–H groups in total. The number of allylic oxidation sites excluding steroid dienone is 8. The smallest absolute Gasteiger partial charge is 0.00506 e. The van der Waals surface area contributed by atoms with Gasteiger partial charge in [-0.3, -0.25) is 0 Å². The zero-order valence-corrected chi connectivity index (χ0v) is 13.9. The minimum absolute atomic E-state index is 0.641. The van der Waals surface area contributed by atoms with Crippen molar-refractivity contribution in [1.82, 2.24) is 0 Å².